The standard InChI is InChI=1S/C7H5FO2.K.H/c8-6-3-1-5(2-4-6)7(9)10;;/h1-4H,(H,9,10);;/q;+1;-1. The van der Waals surface area contributed by atoms with Crippen molar-refractivity contribution >= 4 is 5.97 Å². The van der Waals surface area contributed by atoms with Gasteiger partial charge in [0.05, 0.1) is 5.56 Å². The topological polar surface area (TPSA) is 37.3 Å². The van der Waals surface area contributed by atoms with E-state index in [0.29, 0.717) is 0 Å². The Morgan fingerprint density at radius 3 is 2.18 bits per heavy atom. The molecule has 0 amide bonds. The Bertz CT molecular complexity index is 250. The summed E-state index contributed by atoms with van der Waals surface area (Å²) in [6, 6.07) is 4.67. The number of rotatable bonds is 1. The summed E-state index contributed by atoms with van der Waals surface area (Å²) < 4.78 is 12.2. The maximum absolute atomic E-state index is 12.2. The van der Waals surface area contributed by atoms with Gasteiger partial charge in [0.15, 0.2) is 0 Å². The van der Waals surface area contributed by atoms with E-state index in [4.69, 9.17) is 5.11 Å². The van der Waals surface area contributed by atoms with E-state index in [9.17, 15) is 9.18 Å². The Morgan fingerprint density at radius 1 is 1.36 bits per heavy atom. The predicted molar refractivity (Wildman–Crippen MR) is 34.5 cm³/mol. The van der Waals surface area contributed by atoms with Crippen LogP contribution in [0.5, 0.6) is 0 Å². The molecule has 1 N–H and O–H groups in total. The van der Waals surface area contributed by atoms with Crippen molar-refractivity contribution in [3.05, 3.63) is 35.6 Å². The van der Waals surface area contributed by atoms with Crippen LogP contribution in [0, 0.1) is 5.82 Å². The van der Waals surface area contributed by atoms with Crippen molar-refractivity contribution in [1.29, 1.82) is 0 Å². The molecule has 1 rings (SSSR count). The van der Waals surface area contributed by atoms with Crippen molar-refractivity contribution in [2.45, 2.75) is 0 Å². The van der Waals surface area contributed by atoms with E-state index >= 15 is 0 Å². The fraction of sp³-hybridized carbons (Fsp3) is 0. The van der Waals surface area contributed by atoms with Gasteiger partial charge < -0.3 is 6.53 Å². The van der Waals surface area contributed by atoms with E-state index < -0.39 is 11.8 Å². The van der Waals surface area contributed by atoms with E-state index in [1.54, 1.807) is 0 Å². The Hall–Kier alpha value is 0.256. The minimum absolute atomic E-state index is 0. The predicted octanol–water partition coefficient (Wildman–Crippen LogP) is -1.36. The van der Waals surface area contributed by atoms with Gasteiger partial charge in [0, 0.05) is 0 Å². The number of carboxylic acid groups (broad SMARTS) is 1. The molecule has 11 heavy (non-hydrogen) atoms. The van der Waals surface area contributed by atoms with Gasteiger partial charge in [-0.15, -0.1) is 0 Å². The van der Waals surface area contributed by atoms with Crippen LogP contribution in [0.2, 0.25) is 0 Å². The molecule has 0 atom stereocenters. The molecule has 0 saturated heterocycles. The molecule has 0 saturated carbocycles. The average Bonchev–Trinajstić information content (AvgIpc) is 1.88. The van der Waals surface area contributed by atoms with Gasteiger partial charge >= 0.3 is 57.4 Å². The SMILES string of the molecule is O=C(O)c1ccc(F)cc1.[H-].[K+]. The first-order chi connectivity index (χ1) is 4.70. The molecule has 0 aromatic heterocycles. The third-order valence-corrected chi connectivity index (χ3v) is 1.09. The average molecular weight is 180 g/mol. The number of aromatic carboxylic acids is 1. The molecule has 0 fully saturated rings. The van der Waals surface area contributed by atoms with Crippen LogP contribution in [0.25, 0.3) is 0 Å². The van der Waals surface area contributed by atoms with E-state index in [2.05, 4.69) is 0 Å². The zero-order valence-corrected chi connectivity index (χ0v) is 9.17. The van der Waals surface area contributed by atoms with E-state index in [-0.39, 0.29) is 58.4 Å². The monoisotopic (exact) mass is 180 g/mol. The summed E-state index contributed by atoms with van der Waals surface area (Å²) in [5, 5.41) is 8.35. The second-order valence-corrected chi connectivity index (χ2v) is 1.81. The molecule has 0 unspecified atom stereocenters. The molecule has 0 spiro atoms. The van der Waals surface area contributed by atoms with Gasteiger partial charge in [-0.05, 0) is 24.3 Å². The Morgan fingerprint density at radius 2 is 1.82 bits per heavy atom. The molecular weight excluding hydrogens is 174 g/mol. The molecule has 2 nitrogen and oxygen atoms in total. The van der Waals surface area contributed by atoms with Crippen molar-refractivity contribution in [2.75, 3.05) is 0 Å². The van der Waals surface area contributed by atoms with Crippen LogP contribution in [0.1, 0.15) is 11.8 Å². The van der Waals surface area contributed by atoms with Gasteiger partial charge in [-0.1, -0.05) is 0 Å². The smallest absolute Gasteiger partial charge is 1.00 e. The molecular formula is C7H6FKO2. The second-order valence-electron chi connectivity index (χ2n) is 1.81. The fourth-order valence-electron chi connectivity index (χ4n) is 0.592. The van der Waals surface area contributed by atoms with Crippen LogP contribution in [0.3, 0.4) is 0 Å². The molecule has 0 aliphatic carbocycles. The molecule has 4 heteroatoms. The molecule has 0 radical (unpaired) electrons. The number of carboxylic acids is 1. The minimum Gasteiger partial charge on any atom is -1.00 e. The normalized spacial score (nSPS) is 8.45. The first-order valence-electron chi connectivity index (χ1n) is 2.69. The van der Waals surface area contributed by atoms with Gasteiger partial charge in [-0.25, -0.2) is 9.18 Å². The van der Waals surface area contributed by atoms with Crippen molar-refractivity contribution in [1.82, 2.24) is 0 Å². The molecule has 0 bridgehead atoms. The van der Waals surface area contributed by atoms with Crippen LogP contribution in [0.15, 0.2) is 24.3 Å². The summed E-state index contributed by atoms with van der Waals surface area (Å²) in [6.07, 6.45) is 0. The van der Waals surface area contributed by atoms with Gasteiger partial charge in [-0.2, -0.15) is 0 Å². The van der Waals surface area contributed by atoms with Crippen molar-refractivity contribution in [2.24, 2.45) is 0 Å². The molecule has 0 aliphatic rings. The maximum Gasteiger partial charge on any atom is 1.00 e. The third kappa shape index (κ3) is 3.44. The van der Waals surface area contributed by atoms with Gasteiger partial charge in [-0.3, -0.25) is 0 Å². The first-order valence-corrected chi connectivity index (χ1v) is 2.69. The summed E-state index contributed by atoms with van der Waals surface area (Å²) in [5.41, 5.74) is 0.0985. The van der Waals surface area contributed by atoms with Gasteiger partial charge in [0.1, 0.15) is 5.82 Å². The molecule has 1 aromatic rings. The van der Waals surface area contributed by atoms with Crippen molar-refractivity contribution in [3.63, 3.8) is 0 Å². The second kappa shape index (κ2) is 5.00. The molecule has 1 aromatic carbocycles. The molecule has 0 heterocycles. The summed E-state index contributed by atoms with van der Waals surface area (Å²) in [7, 11) is 0. The number of hydrogen-bond acceptors (Lipinski definition) is 1. The van der Waals surface area contributed by atoms with Gasteiger partial charge in [0.2, 0.25) is 0 Å². The Kier molecular flexibility index (Phi) is 5.12. The number of halogens is 1. The Labute approximate surface area is 107 Å². The molecule has 54 valence electrons. The number of carbonyl (C=O) groups is 1. The van der Waals surface area contributed by atoms with Crippen molar-refractivity contribution in [3.8, 4) is 0 Å². The summed E-state index contributed by atoms with van der Waals surface area (Å²) >= 11 is 0. The maximum atomic E-state index is 12.2. The van der Waals surface area contributed by atoms with Crippen molar-refractivity contribution < 1.29 is 67.1 Å². The molecule has 0 aliphatic heterocycles. The Balaban J connectivity index is 0. The number of hydrogen-bond donors (Lipinski definition) is 1. The zero-order chi connectivity index (χ0) is 7.56. The zero-order valence-electron chi connectivity index (χ0n) is 7.04. The van der Waals surface area contributed by atoms with Gasteiger partial charge in [0.25, 0.3) is 0 Å². The van der Waals surface area contributed by atoms with Crippen LogP contribution in [-0.2, 0) is 0 Å². The quantitative estimate of drug-likeness (QED) is 0.542. The largest absolute Gasteiger partial charge is 1.00 e. The van der Waals surface area contributed by atoms with Crippen LogP contribution in [-0.4, -0.2) is 11.1 Å². The van der Waals surface area contributed by atoms with E-state index in [1.165, 1.54) is 12.1 Å². The summed E-state index contributed by atoms with van der Waals surface area (Å²) in [6.45, 7) is 0. The summed E-state index contributed by atoms with van der Waals surface area (Å²) in [4.78, 5) is 10.2. The van der Waals surface area contributed by atoms with E-state index in [0.717, 1.165) is 12.1 Å². The summed E-state index contributed by atoms with van der Waals surface area (Å²) in [5.74, 6) is -1.47. The fourth-order valence-corrected chi connectivity index (χ4v) is 0.592. The van der Waals surface area contributed by atoms with E-state index in [1.807, 2.05) is 0 Å². The number of benzene rings is 1. The van der Waals surface area contributed by atoms with Crippen LogP contribution in [0.4, 0.5) is 4.39 Å². The van der Waals surface area contributed by atoms with Crippen LogP contribution >= 0.6 is 0 Å². The minimum atomic E-state index is -1.04. The van der Waals surface area contributed by atoms with Crippen LogP contribution < -0.4 is 51.4 Å². The third-order valence-electron chi connectivity index (χ3n) is 1.09. The first kappa shape index (κ1) is 11.3.